The van der Waals surface area contributed by atoms with Crippen LogP contribution in [0.2, 0.25) is 0 Å². The van der Waals surface area contributed by atoms with Crippen LogP contribution < -0.4 is 0 Å². The van der Waals surface area contributed by atoms with E-state index >= 15 is 0 Å². The number of aryl methyl sites for hydroxylation is 2. The van der Waals surface area contributed by atoms with E-state index in [-0.39, 0.29) is 11.1 Å². The third-order valence-electron chi connectivity index (χ3n) is 4.46. The molecule has 3 aromatic rings. The van der Waals surface area contributed by atoms with Gasteiger partial charge in [-0.1, -0.05) is 38.1 Å². The molecule has 0 saturated carbocycles. The Morgan fingerprint density at radius 2 is 1.87 bits per heavy atom. The number of nitrogens with zero attached hydrogens (tertiary/aromatic N) is 2. The van der Waals surface area contributed by atoms with Gasteiger partial charge < -0.3 is 14.8 Å². The maximum absolute atomic E-state index is 11.2. The van der Waals surface area contributed by atoms with E-state index in [1.165, 1.54) is 23.2 Å². The largest absolute Gasteiger partial charge is 0.478 e. The number of hydrogen-bond acceptors (Lipinski definition) is 4. The van der Waals surface area contributed by atoms with E-state index in [2.05, 4.69) is 42.9 Å². The molecular formula is C23H26N2O4S. The smallest absolute Gasteiger partial charge is 0.337 e. The van der Waals surface area contributed by atoms with E-state index < -0.39 is 11.9 Å². The van der Waals surface area contributed by atoms with Crippen molar-refractivity contribution in [1.82, 2.24) is 9.55 Å². The number of aromatic carboxylic acids is 1. The molecule has 2 heterocycles. The molecule has 2 N–H and O–H groups in total. The summed E-state index contributed by atoms with van der Waals surface area (Å²) in [5.41, 5.74) is 1.55. The van der Waals surface area contributed by atoms with E-state index in [9.17, 15) is 14.7 Å². The summed E-state index contributed by atoms with van der Waals surface area (Å²) in [6.45, 7) is 8.22. The number of carboxylic acids is 2. The van der Waals surface area contributed by atoms with Gasteiger partial charge in [0.1, 0.15) is 5.82 Å². The number of aliphatic carboxylic acids is 1. The molecule has 30 heavy (non-hydrogen) atoms. The maximum Gasteiger partial charge on any atom is 0.337 e. The minimum atomic E-state index is -1.08. The summed E-state index contributed by atoms with van der Waals surface area (Å²) in [5, 5.41) is 20.2. The molecule has 0 aliphatic rings. The lowest BCUT2D eigenvalue weighted by molar-refractivity contribution is -0.130. The van der Waals surface area contributed by atoms with Crippen LogP contribution in [0.1, 0.15) is 52.1 Å². The molecule has 3 rings (SSSR count). The van der Waals surface area contributed by atoms with Crippen molar-refractivity contribution >= 4 is 28.8 Å². The predicted molar refractivity (Wildman–Crippen MR) is 119 cm³/mol. The Bertz CT molecular complexity index is 989. The van der Waals surface area contributed by atoms with Crippen LogP contribution in [0.15, 0.2) is 54.6 Å². The van der Waals surface area contributed by atoms with Crippen molar-refractivity contribution in [3.63, 3.8) is 0 Å². The Morgan fingerprint density at radius 1 is 1.17 bits per heavy atom. The monoisotopic (exact) mass is 426 g/mol. The number of carboxylic acid groups (broad SMARTS) is 2. The second-order valence-electron chi connectivity index (χ2n) is 6.76. The number of imidazole rings is 1. The lowest BCUT2D eigenvalue weighted by Gasteiger charge is -2.12. The van der Waals surface area contributed by atoms with Crippen LogP contribution in [0.3, 0.4) is 0 Å². The van der Waals surface area contributed by atoms with Crippen molar-refractivity contribution in [3.8, 4) is 0 Å². The van der Waals surface area contributed by atoms with Gasteiger partial charge in [-0.2, -0.15) is 0 Å². The number of hydrogen-bond donors (Lipinski definition) is 2. The first kappa shape index (κ1) is 23.1. The first-order valence-corrected chi connectivity index (χ1v) is 10.5. The van der Waals surface area contributed by atoms with Gasteiger partial charge in [-0.15, -0.1) is 11.3 Å². The summed E-state index contributed by atoms with van der Waals surface area (Å²) >= 11 is 1.78. The van der Waals surface area contributed by atoms with Gasteiger partial charge in [0.05, 0.1) is 23.0 Å². The van der Waals surface area contributed by atoms with Gasteiger partial charge in [-0.25, -0.2) is 14.6 Å². The molecule has 0 bridgehead atoms. The van der Waals surface area contributed by atoms with E-state index in [0.29, 0.717) is 12.2 Å². The summed E-state index contributed by atoms with van der Waals surface area (Å²) in [4.78, 5) is 27.9. The topological polar surface area (TPSA) is 92.4 Å². The molecule has 0 amide bonds. The maximum atomic E-state index is 11.2. The number of carbonyl (C=O) groups is 2. The van der Waals surface area contributed by atoms with Gasteiger partial charge in [-0.3, -0.25) is 0 Å². The quantitative estimate of drug-likeness (QED) is 0.487. The Kier molecular flexibility index (Phi) is 8.55. The van der Waals surface area contributed by atoms with E-state index in [4.69, 9.17) is 5.11 Å². The van der Waals surface area contributed by atoms with E-state index in [1.54, 1.807) is 23.5 Å². The summed E-state index contributed by atoms with van der Waals surface area (Å²) in [6.07, 6.45) is 4.24. The highest BCUT2D eigenvalue weighted by molar-refractivity contribution is 7.09. The Labute approximate surface area is 180 Å². The normalized spacial score (nSPS) is 10.2. The zero-order chi connectivity index (χ0) is 22.1. The Morgan fingerprint density at radius 3 is 2.33 bits per heavy atom. The molecule has 0 aliphatic heterocycles. The van der Waals surface area contributed by atoms with Gasteiger partial charge >= 0.3 is 11.9 Å². The molecule has 7 heteroatoms. The summed E-state index contributed by atoms with van der Waals surface area (Å²) in [6, 6.07) is 10.7. The molecular weight excluding hydrogens is 400 g/mol. The highest BCUT2D eigenvalue weighted by Gasteiger charge is 2.17. The second-order valence-corrected chi connectivity index (χ2v) is 7.91. The van der Waals surface area contributed by atoms with Crippen molar-refractivity contribution in [2.45, 2.75) is 39.7 Å². The third-order valence-corrected chi connectivity index (χ3v) is 5.27. The molecule has 0 unspecified atom stereocenters. The predicted octanol–water partition coefficient (Wildman–Crippen LogP) is 5.13. The van der Waals surface area contributed by atoms with Crippen LogP contribution in [0.4, 0.5) is 0 Å². The molecule has 158 valence electrons. The average molecular weight is 427 g/mol. The molecule has 0 radical (unpaired) electrons. The molecule has 2 aromatic heterocycles. The van der Waals surface area contributed by atoms with E-state index in [1.807, 2.05) is 4.57 Å². The van der Waals surface area contributed by atoms with Crippen LogP contribution in [0, 0.1) is 6.92 Å². The summed E-state index contributed by atoms with van der Waals surface area (Å²) < 4.78 is 1.84. The fourth-order valence-electron chi connectivity index (χ4n) is 2.77. The number of thiophene rings is 1. The van der Waals surface area contributed by atoms with Crippen molar-refractivity contribution in [3.05, 3.63) is 82.1 Å². The summed E-state index contributed by atoms with van der Waals surface area (Å²) in [5.74, 6) is -1.26. The van der Waals surface area contributed by atoms with Crippen molar-refractivity contribution in [1.29, 1.82) is 0 Å². The van der Waals surface area contributed by atoms with Crippen LogP contribution in [-0.2, 0) is 17.8 Å². The first-order chi connectivity index (χ1) is 14.3. The van der Waals surface area contributed by atoms with Gasteiger partial charge in [-0.05, 0) is 42.5 Å². The fourth-order valence-corrected chi connectivity index (χ4v) is 3.30. The first-order valence-electron chi connectivity index (χ1n) is 9.62. The third kappa shape index (κ3) is 6.42. The number of benzene rings is 1. The van der Waals surface area contributed by atoms with Crippen LogP contribution in [0.25, 0.3) is 5.57 Å². The van der Waals surface area contributed by atoms with Gasteiger partial charge in [0.25, 0.3) is 0 Å². The van der Waals surface area contributed by atoms with Gasteiger partial charge in [0.2, 0.25) is 0 Å². The zero-order valence-corrected chi connectivity index (χ0v) is 18.0. The van der Waals surface area contributed by atoms with Crippen molar-refractivity contribution in [2.75, 3.05) is 0 Å². The van der Waals surface area contributed by atoms with E-state index in [0.717, 1.165) is 30.7 Å². The molecule has 0 saturated heterocycles. The standard InChI is InChI=1S/C18H20N2O4.C5H6S/c1-3-4-5-16-19-10-15(12(2)17(21)22)20(16)11-13-6-8-14(9-7-13)18(23)24;1-5-3-2-4-6-5/h6-10H,2-5,11H2,1H3,(H,21,22)(H,23,24);2-4H,1H3. The lowest BCUT2D eigenvalue weighted by atomic mass is 10.1. The average Bonchev–Trinajstić information content (AvgIpc) is 3.35. The number of unbranched alkanes of at least 4 members (excludes halogenated alkanes) is 1. The van der Waals surface area contributed by atoms with Crippen LogP contribution in [-0.4, -0.2) is 31.7 Å². The lowest BCUT2D eigenvalue weighted by Crippen LogP contribution is -2.11. The molecule has 0 atom stereocenters. The van der Waals surface area contributed by atoms with Crippen LogP contribution in [0.5, 0.6) is 0 Å². The zero-order valence-electron chi connectivity index (χ0n) is 17.2. The fraction of sp³-hybridized carbons (Fsp3) is 0.261. The molecule has 6 nitrogen and oxygen atoms in total. The SMILES string of the molecule is C=C(C(=O)O)c1cnc(CCCC)n1Cc1ccc(C(=O)O)cc1.Cc1cccs1. The molecule has 1 aromatic carbocycles. The Hall–Kier alpha value is -3.19. The van der Waals surface area contributed by atoms with Gasteiger partial charge in [0, 0.05) is 17.8 Å². The van der Waals surface area contributed by atoms with Crippen molar-refractivity contribution < 1.29 is 19.8 Å². The summed E-state index contributed by atoms with van der Waals surface area (Å²) in [7, 11) is 0. The Balaban J connectivity index is 0.000000456. The van der Waals surface area contributed by atoms with Crippen LogP contribution >= 0.6 is 11.3 Å². The molecule has 0 aliphatic carbocycles. The molecule has 0 fully saturated rings. The van der Waals surface area contributed by atoms with Crippen molar-refractivity contribution in [2.24, 2.45) is 0 Å². The minimum Gasteiger partial charge on any atom is -0.478 e. The highest BCUT2D eigenvalue weighted by Crippen LogP contribution is 2.19. The minimum absolute atomic E-state index is 0.00703. The molecule has 0 spiro atoms. The number of aromatic nitrogens is 2. The van der Waals surface area contributed by atoms with Gasteiger partial charge in [0.15, 0.2) is 0 Å². The number of rotatable bonds is 8. The highest BCUT2D eigenvalue weighted by atomic mass is 32.1. The second kappa shape index (κ2) is 11.1.